The minimum Gasteiger partial charge on any atom is -0.480 e. The summed E-state index contributed by atoms with van der Waals surface area (Å²) < 4.78 is 0. The second kappa shape index (κ2) is 3.97. The highest BCUT2D eigenvalue weighted by Crippen LogP contribution is 2.21. The van der Waals surface area contributed by atoms with Crippen LogP contribution in [0.5, 0.6) is 0 Å². The van der Waals surface area contributed by atoms with E-state index >= 15 is 0 Å². The number of carbonyl (C=O) groups excluding carboxylic acids is 1. The fourth-order valence-corrected chi connectivity index (χ4v) is 2.28. The van der Waals surface area contributed by atoms with Gasteiger partial charge in [0.25, 0.3) is 0 Å². The number of nitrogens with two attached hydrogens (primary N) is 1. The van der Waals surface area contributed by atoms with Crippen molar-refractivity contribution in [2.75, 3.05) is 11.6 Å². The molecule has 5 nitrogen and oxygen atoms in total. The van der Waals surface area contributed by atoms with Gasteiger partial charge in [-0.3, -0.25) is 4.79 Å². The van der Waals surface area contributed by atoms with Crippen LogP contribution in [-0.4, -0.2) is 45.6 Å². The van der Waals surface area contributed by atoms with Crippen molar-refractivity contribution in [3.63, 3.8) is 0 Å². The molecule has 2 atom stereocenters. The predicted molar refractivity (Wildman–Crippen MR) is 49.2 cm³/mol. The van der Waals surface area contributed by atoms with Crippen LogP contribution in [0.4, 0.5) is 0 Å². The van der Waals surface area contributed by atoms with Gasteiger partial charge >= 0.3 is 5.97 Å². The minimum atomic E-state index is -0.959. The predicted octanol–water partition coefficient (Wildman–Crippen LogP) is -0.680. The van der Waals surface area contributed by atoms with E-state index in [4.69, 9.17) is 10.8 Å². The molecular weight excluding hydrogens is 192 g/mol. The van der Waals surface area contributed by atoms with E-state index in [9.17, 15) is 9.59 Å². The second-order valence-electron chi connectivity index (χ2n) is 2.95. The Hall–Kier alpha value is -0.750. The summed E-state index contributed by atoms with van der Waals surface area (Å²) in [4.78, 5) is 23.4. The summed E-state index contributed by atoms with van der Waals surface area (Å²) in [5.41, 5.74) is 5.38. The van der Waals surface area contributed by atoms with Crippen LogP contribution in [0.1, 0.15) is 6.92 Å². The minimum absolute atomic E-state index is 0.294. The smallest absolute Gasteiger partial charge is 0.327 e. The fourth-order valence-electron chi connectivity index (χ4n) is 1.13. The molecule has 1 saturated heterocycles. The fraction of sp³-hybridized carbons (Fsp3) is 0.714. The zero-order valence-electron chi connectivity index (χ0n) is 7.27. The molecule has 6 heteroatoms. The first-order chi connectivity index (χ1) is 6.04. The van der Waals surface area contributed by atoms with E-state index in [2.05, 4.69) is 0 Å². The summed E-state index contributed by atoms with van der Waals surface area (Å²) >= 11 is 1.43. The van der Waals surface area contributed by atoms with E-state index in [-0.39, 0.29) is 5.91 Å². The first-order valence-corrected chi connectivity index (χ1v) is 5.06. The van der Waals surface area contributed by atoms with Crippen molar-refractivity contribution in [1.29, 1.82) is 0 Å². The lowest BCUT2D eigenvalue weighted by atomic mass is 10.2. The number of carboxylic acids is 1. The summed E-state index contributed by atoms with van der Waals surface area (Å²) in [7, 11) is 0. The Morgan fingerprint density at radius 3 is 2.77 bits per heavy atom. The monoisotopic (exact) mass is 204 g/mol. The van der Waals surface area contributed by atoms with Crippen LogP contribution < -0.4 is 5.73 Å². The number of nitrogens with zero attached hydrogens (tertiary/aromatic N) is 1. The third kappa shape index (κ3) is 2.13. The van der Waals surface area contributed by atoms with Crippen molar-refractivity contribution in [1.82, 2.24) is 4.90 Å². The maximum atomic E-state index is 11.4. The van der Waals surface area contributed by atoms with Gasteiger partial charge in [-0.2, -0.15) is 0 Å². The molecule has 1 rings (SSSR count). The van der Waals surface area contributed by atoms with Gasteiger partial charge in [0.05, 0.1) is 11.9 Å². The second-order valence-corrected chi connectivity index (χ2v) is 3.95. The van der Waals surface area contributed by atoms with Crippen molar-refractivity contribution < 1.29 is 14.7 Å². The Labute approximate surface area is 80.3 Å². The average Bonchev–Trinajstić information content (AvgIpc) is 2.50. The molecule has 0 spiro atoms. The molecule has 0 aliphatic carbocycles. The highest BCUT2D eigenvalue weighted by molar-refractivity contribution is 7.99. The molecule has 3 N–H and O–H groups in total. The molecule has 0 aromatic carbocycles. The Balaban J connectivity index is 2.68. The first-order valence-electron chi connectivity index (χ1n) is 3.90. The molecule has 0 aromatic rings. The molecule has 1 unspecified atom stereocenters. The van der Waals surface area contributed by atoms with Crippen molar-refractivity contribution in [2.24, 2.45) is 5.73 Å². The van der Waals surface area contributed by atoms with Gasteiger partial charge in [-0.1, -0.05) is 0 Å². The number of rotatable bonds is 2. The summed E-state index contributed by atoms with van der Waals surface area (Å²) in [5, 5.41) is 8.77. The van der Waals surface area contributed by atoms with Crippen LogP contribution in [0.15, 0.2) is 0 Å². The largest absolute Gasteiger partial charge is 0.480 e. The van der Waals surface area contributed by atoms with Gasteiger partial charge in [0.2, 0.25) is 5.91 Å². The quantitative estimate of drug-likeness (QED) is 0.622. The van der Waals surface area contributed by atoms with Gasteiger partial charge in [-0.05, 0) is 6.92 Å². The van der Waals surface area contributed by atoms with Crippen LogP contribution >= 0.6 is 11.8 Å². The molecule has 1 amide bonds. The van der Waals surface area contributed by atoms with Crippen LogP contribution in [-0.2, 0) is 9.59 Å². The lowest BCUT2D eigenvalue weighted by Crippen LogP contribution is -2.48. The highest BCUT2D eigenvalue weighted by Gasteiger charge is 2.35. The number of carboxylic acid groups (broad SMARTS) is 1. The molecule has 0 radical (unpaired) electrons. The number of hydrogen-bond donors (Lipinski definition) is 2. The number of thioether (sulfide) groups is 1. The van der Waals surface area contributed by atoms with Gasteiger partial charge in [0.1, 0.15) is 6.04 Å². The molecule has 1 aliphatic heterocycles. The number of carbonyl (C=O) groups is 2. The van der Waals surface area contributed by atoms with E-state index < -0.39 is 18.1 Å². The summed E-state index contributed by atoms with van der Waals surface area (Å²) in [5.74, 6) is -0.373. The normalized spacial score (nSPS) is 24.5. The summed E-state index contributed by atoms with van der Waals surface area (Å²) in [6.07, 6.45) is 0. The maximum Gasteiger partial charge on any atom is 0.327 e. The standard InChI is InChI=1S/C7H12N2O3S/c1-4(8)6(10)9-3-13-2-5(9)7(11)12/h4-5H,2-3,8H2,1H3,(H,11,12)/t4?,5-/m0/s1. The maximum absolute atomic E-state index is 11.4. The van der Waals surface area contributed by atoms with Gasteiger partial charge in [-0.15, -0.1) is 11.8 Å². The van der Waals surface area contributed by atoms with Crippen molar-refractivity contribution in [3.8, 4) is 0 Å². The molecule has 0 saturated carbocycles. The molecule has 1 heterocycles. The Morgan fingerprint density at radius 2 is 2.31 bits per heavy atom. The SMILES string of the molecule is CC(N)C(=O)N1CSC[C@H]1C(=O)O. The first kappa shape index (κ1) is 10.3. The molecule has 0 bridgehead atoms. The Morgan fingerprint density at radius 1 is 1.69 bits per heavy atom. The molecule has 74 valence electrons. The zero-order valence-corrected chi connectivity index (χ0v) is 8.08. The van der Waals surface area contributed by atoms with Gasteiger partial charge < -0.3 is 15.7 Å². The van der Waals surface area contributed by atoms with E-state index in [1.807, 2.05) is 0 Å². The molecule has 0 aromatic heterocycles. The van der Waals surface area contributed by atoms with Gasteiger partial charge in [-0.25, -0.2) is 4.79 Å². The van der Waals surface area contributed by atoms with Gasteiger partial charge in [0, 0.05) is 5.75 Å². The lowest BCUT2D eigenvalue weighted by molar-refractivity contribution is -0.148. The third-order valence-electron chi connectivity index (χ3n) is 1.84. The van der Waals surface area contributed by atoms with Crippen LogP contribution in [0.2, 0.25) is 0 Å². The van der Waals surface area contributed by atoms with E-state index in [1.54, 1.807) is 6.92 Å². The molecule has 13 heavy (non-hydrogen) atoms. The third-order valence-corrected chi connectivity index (χ3v) is 2.85. The zero-order chi connectivity index (χ0) is 10.0. The van der Waals surface area contributed by atoms with Crippen LogP contribution in [0, 0.1) is 0 Å². The molecule has 1 aliphatic rings. The van der Waals surface area contributed by atoms with Crippen LogP contribution in [0.25, 0.3) is 0 Å². The number of aliphatic carboxylic acids is 1. The van der Waals surface area contributed by atoms with Crippen molar-refractivity contribution >= 4 is 23.6 Å². The van der Waals surface area contributed by atoms with Gasteiger partial charge in [0.15, 0.2) is 0 Å². The Kier molecular flexibility index (Phi) is 3.16. The molecular formula is C7H12N2O3S. The highest BCUT2D eigenvalue weighted by atomic mass is 32.2. The number of hydrogen-bond acceptors (Lipinski definition) is 4. The van der Waals surface area contributed by atoms with E-state index in [0.29, 0.717) is 11.6 Å². The van der Waals surface area contributed by atoms with E-state index in [1.165, 1.54) is 16.7 Å². The van der Waals surface area contributed by atoms with Crippen molar-refractivity contribution in [3.05, 3.63) is 0 Å². The lowest BCUT2D eigenvalue weighted by Gasteiger charge is -2.21. The van der Waals surface area contributed by atoms with Crippen molar-refractivity contribution in [2.45, 2.75) is 19.0 Å². The summed E-state index contributed by atoms with van der Waals surface area (Å²) in [6, 6.07) is -1.33. The Bertz CT molecular complexity index is 232. The average molecular weight is 204 g/mol. The van der Waals surface area contributed by atoms with E-state index in [0.717, 1.165) is 0 Å². The molecule has 1 fully saturated rings. The topological polar surface area (TPSA) is 83.6 Å². The summed E-state index contributed by atoms with van der Waals surface area (Å²) in [6.45, 7) is 1.56. The number of amides is 1. The van der Waals surface area contributed by atoms with Crippen LogP contribution in [0.3, 0.4) is 0 Å².